The Bertz CT molecular complexity index is 406. The number of allylic oxidation sites excluding steroid dienone is 2. The van der Waals surface area contributed by atoms with Gasteiger partial charge in [-0.2, -0.15) is 0 Å². The quantitative estimate of drug-likeness (QED) is 0.187. The highest BCUT2D eigenvalue weighted by Crippen LogP contribution is 2.25. The summed E-state index contributed by atoms with van der Waals surface area (Å²) in [6.45, 7) is 4.48. The van der Waals surface area contributed by atoms with Crippen LogP contribution in [0, 0.1) is 0 Å². The lowest BCUT2D eigenvalue weighted by atomic mass is 9.94. The number of nitrogens with zero attached hydrogens (tertiary/aromatic N) is 1. The van der Waals surface area contributed by atoms with Gasteiger partial charge in [-0.25, -0.2) is 0 Å². The molecule has 1 saturated carbocycles. The maximum Gasteiger partial charge on any atom is 0.108 e. The maximum absolute atomic E-state index is 10.5. The summed E-state index contributed by atoms with van der Waals surface area (Å²) in [5.41, 5.74) is 0. The number of aliphatic hydroxyl groups is 2. The minimum absolute atomic E-state index is 0.419. The smallest absolute Gasteiger partial charge is 0.108 e. The standard InChI is InChI=1S/C26H49NO2/c1-3-5-7-9-11-16-20-25(28)22-27(24-18-14-13-15-19-24)23-26(29)21-17-12-10-8-6-4-2/h22-24,28-29H,3-21H2,1-2H3. The summed E-state index contributed by atoms with van der Waals surface area (Å²) in [5, 5.41) is 20.9. The van der Waals surface area contributed by atoms with E-state index in [2.05, 4.69) is 18.7 Å². The van der Waals surface area contributed by atoms with E-state index in [9.17, 15) is 10.2 Å². The lowest BCUT2D eigenvalue weighted by molar-refractivity contribution is 0.250. The van der Waals surface area contributed by atoms with Gasteiger partial charge in [0.25, 0.3) is 0 Å². The van der Waals surface area contributed by atoms with Crippen molar-refractivity contribution in [2.24, 2.45) is 0 Å². The van der Waals surface area contributed by atoms with Gasteiger partial charge in [-0.3, -0.25) is 0 Å². The first-order valence-corrected chi connectivity index (χ1v) is 12.7. The van der Waals surface area contributed by atoms with E-state index in [0.717, 1.165) is 38.5 Å². The zero-order chi connectivity index (χ0) is 21.2. The van der Waals surface area contributed by atoms with E-state index < -0.39 is 0 Å². The van der Waals surface area contributed by atoms with Crippen molar-refractivity contribution in [3.8, 4) is 0 Å². The van der Waals surface area contributed by atoms with Gasteiger partial charge < -0.3 is 15.1 Å². The van der Waals surface area contributed by atoms with Crippen LogP contribution in [0.15, 0.2) is 23.9 Å². The molecule has 170 valence electrons. The van der Waals surface area contributed by atoms with E-state index in [1.54, 1.807) is 0 Å². The summed E-state index contributed by atoms with van der Waals surface area (Å²) in [6.07, 6.45) is 26.3. The van der Waals surface area contributed by atoms with Crippen LogP contribution in [0.25, 0.3) is 0 Å². The summed E-state index contributed by atoms with van der Waals surface area (Å²) < 4.78 is 0. The van der Waals surface area contributed by atoms with E-state index in [1.807, 2.05) is 12.4 Å². The monoisotopic (exact) mass is 407 g/mol. The molecule has 29 heavy (non-hydrogen) atoms. The number of rotatable bonds is 17. The molecule has 1 aliphatic rings. The van der Waals surface area contributed by atoms with Crippen LogP contribution in [0.3, 0.4) is 0 Å². The van der Waals surface area contributed by atoms with Crippen LogP contribution >= 0.6 is 0 Å². The van der Waals surface area contributed by atoms with Crippen molar-refractivity contribution in [2.45, 2.75) is 142 Å². The van der Waals surface area contributed by atoms with Crippen molar-refractivity contribution in [1.29, 1.82) is 0 Å². The van der Waals surface area contributed by atoms with Gasteiger partial charge in [0.15, 0.2) is 0 Å². The summed E-state index contributed by atoms with van der Waals surface area (Å²) >= 11 is 0. The first-order valence-electron chi connectivity index (χ1n) is 12.7. The summed E-state index contributed by atoms with van der Waals surface area (Å²) in [6, 6.07) is 0.419. The fraction of sp³-hybridized carbons (Fsp3) is 0.846. The lowest BCUT2D eigenvalue weighted by Crippen LogP contribution is -2.29. The van der Waals surface area contributed by atoms with Gasteiger partial charge in [-0.1, -0.05) is 97.3 Å². The molecule has 0 aromatic heterocycles. The number of aliphatic hydroxyl groups excluding tert-OH is 2. The highest BCUT2D eigenvalue weighted by molar-refractivity contribution is 5.02. The van der Waals surface area contributed by atoms with Crippen LogP contribution < -0.4 is 0 Å². The topological polar surface area (TPSA) is 43.7 Å². The second-order valence-electron chi connectivity index (χ2n) is 9.02. The Morgan fingerprint density at radius 2 is 1.07 bits per heavy atom. The Labute approximate surface area is 181 Å². The molecule has 2 N–H and O–H groups in total. The molecule has 1 aliphatic carbocycles. The van der Waals surface area contributed by atoms with E-state index in [0.29, 0.717) is 17.6 Å². The van der Waals surface area contributed by atoms with Crippen molar-refractivity contribution < 1.29 is 10.2 Å². The molecule has 0 saturated heterocycles. The molecule has 0 spiro atoms. The molecule has 0 aliphatic heterocycles. The first-order chi connectivity index (χ1) is 14.2. The molecular weight excluding hydrogens is 358 g/mol. The molecule has 0 aromatic carbocycles. The fourth-order valence-corrected chi connectivity index (χ4v) is 4.27. The van der Waals surface area contributed by atoms with E-state index >= 15 is 0 Å². The molecule has 0 bridgehead atoms. The SMILES string of the molecule is CCCCCCCCC(O)=CN(C=C(O)CCCCCCCC)C1CCCCC1. The molecule has 3 heteroatoms. The van der Waals surface area contributed by atoms with Crippen molar-refractivity contribution in [3.63, 3.8) is 0 Å². The predicted molar refractivity (Wildman–Crippen MR) is 126 cm³/mol. The maximum atomic E-state index is 10.5. The van der Waals surface area contributed by atoms with Crippen LogP contribution in [-0.4, -0.2) is 21.2 Å². The van der Waals surface area contributed by atoms with Crippen LogP contribution in [0.1, 0.15) is 136 Å². The molecule has 1 fully saturated rings. The Morgan fingerprint density at radius 1 is 0.655 bits per heavy atom. The molecule has 0 heterocycles. The minimum Gasteiger partial charge on any atom is -0.511 e. The van der Waals surface area contributed by atoms with Crippen molar-refractivity contribution in [3.05, 3.63) is 23.9 Å². The molecule has 3 nitrogen and oxygen atoms in total. The predicted octanol–water partition coefficient (Wildman–Crippen LogP) is 8.92. The summed E-state index contributed by atoms with van der Waals surface area (Å²) in [4.78, 5) is 2.12. The largest absolute Gasteiger partial charge is 0.511 e. The third-order valence-corrected chi connectivity index (χ3v) is 6.17. The minimum atomic E-state index is 0.419. The van der Waals surface area contributed by atoms with Gasteiger partial charge in [0.1, 0.15) is 11.5 Å². The zero-order valence-electron chi connectivity index (χ0n) is 19.5. The van der Waals surface area contributed by atoms with Gasteiger partial charge in [0, 0.05) is 31.3 Å². The van der Waals surface area contributed by atoms with E-state index in [-0.39, 0.29) is 0 Å². The number of unbranched alkanes of at least 4 members (excludes halogenated alkanes) is 10. The van der Waals surface area contributed by atoms with Crippen LogP contribution in [0.4, 0.5) is 0 Å². The highest BCUT2D eigenvalue weighted by atomic mass is 16.3. The van der Waals surface area contributed by atoms with Gasteiger partial charge >= 0.3 is 0 Å². The van der Waals surface area contributed by atoms with Crippen LogP contribution in [0.2, 0.25) is 0 Å². The lowest BCUT2D eigenvalue weighted by Gasteiger charge is -2.31. The van der Waals surface area contributed by atoms with Gasteiger partial charge in [-0.15, -0.1) is 0 Å². The Balaban J connectivity index is 2.49. The van der Waals surface area contributed by atoms with Crippen molar-refractivity contribution in [1.82, 2.24) is 4.90 Å². The van der Waals surface area contributed by atoms with Crippen molar-refractivity contribution in [2.75, 3.05) is 0 Å². The Kier molecular flexibility index (Phi) is 15.8. The average molecular weight is 408 g/mol. The number of hydrogen-bond acceptors (Lipinski definition) is 3. The van der Waals surface area contributed by atoms with Crippen LogP contribution in [-0.2, 0) is 0 Å². The summed E-state index contributed by atoms with van der Waals surface area (Å²) in [5.74, 6) is 0.935. The highest BCUT2D eigenvalue weighted by Gasteiger charge is 2.18. The molecule has 1 rings (SSSR count). The van der Waals surface area contributed by atoms with Gasteiger partial charge in [0.05, 0.1) is 0 Å². The summed E-state index contributed by atoms with van der Waals surface area (Å²) in [7, 11) is 0. The molecular formula is C26H49NO2. The molecule has 0 unspecified atom stereocenters. The van der Waals surface area contributed by atoms with Gasteiger partial charge in [0.2, 0.25) is 0 Å². The normalized spacial score (nSPS) is 16.3. The van der Waals surface area contributed by atoms with E-state index in [1.165, 1.54) is 83.5 Å². The third-order valence-electron chi connectivity index (χ3n) is 6.17. The zero-order valence-corrected chi connectivity index (χ0v) is 19.5. The van der Waals surface area contributed by atoms with E-state index in [4.69, 9.17) is 0 Å². The molecule has 0 aromatic rings. The second-order valence-corrected chi connectivity index (χ2v) is 9.02. The first kappa shape index (κ1) is 25.9. The van der Waals surface area contributed by atoms with Gasteiger partial charge in [-0.05, 0) is 25.7 Å². The fourth-order valence-electron chi connectivity index (χ4n) is 4.27. The third kappa shape index (κ3) is 13.7. The Hall–Kier alpha value is -1.12. The average Bonchev–Trinajstić information content (AvgIpc) is 2.73. The van der Waals surface area contributed by atoms with Crippen LogP contribution in [0.5, 0.6) is 0 Å². The molecule has 0 amide bonds. The number of hydrogen-bond donors (Lipinski definition) is 2. The van der Waals surface area contributed by atoms with Crippen molar-refractivity contribution >= 4 is 0 Å². The Morgan fingerprint density at radius 3 is 1.52 bits per heavy atom. The molecule has 0 atom stereocenters. The molecule has 0 radical (unpaired) electrons. The second kappa shape index (κ2) is 17.7.